The van der Waals surface area contributed by atoms with E-state index in [0.717, 1.165) is 22.7 Å². The van der Waals surface area contributed by atoms with Crippen LogP contribution in [0.1, 0.15) is 12.5 Å². The summed E-state index contributed by atoms with van der Waals surface area (Å²) in [6.07, 6.45) is 0.787. The fourth-order valence-corrected chi connectivity index (χ4v) is 2.24. The molecular formula is C17H19ClN2O. The zero-order valence-electron chi connectivity index (χ0n) is 12.1. The van der Waals surface area contributed by atoms with E-state index in [2.05, 4.69) is 5.32 Å². The molecule has 110 valence electrons. The van der Waals surface area contributed by atoms with E-state index in [4.69, 9.17) is 11.6 Å². The SMILES string of the molecule is CCN(C(=O)NCCc1ccc(Cl)cc1)c1ccccc1. The van der Waals surface area contributed by atoms with Gasteiger partial charge >= 0.3 is 6.03 Å². The third-order valence-electron chi connectivity index (χ3n) is 3.23. The summed E-state index contributed by atoms with van der Waals surface area (Å²) in [5.74, 6) is 0. The topological polar surface area (TPSA) is 32.3 Å². The molecule has 0 fully saturated rings. The molecule has 0 aromatic heterocycles. The average molecular weight is 303 g/mol. The quantitative estimate of drug-likeness (QED) is 0.885. The first-order chi connectivity index (χ1) is 10.2. The third-order valence-corrected chi connectivity index (χ3v) is 3.48. The van der Waals surface area contributed by atoms with Crippen molar-refractivity contribution in [1.82, 2.24) is 5.32 Å². The number of hydrogen-bond donors (Lipinski definition) is 1. The highest BCUT2D eigenvalue weighted by molar-refractivity contribution is 6.30. The van der Waals surface area contributed by atoms with Gasteiger partial charge in [-0.15, -0.1) is 0 Å². The van der Waals surface area contributed by atoms with E-state index in [1.54, 1.807) is 4.90 Å². The normalized spacial score (nSPS) is 10.2. The first kappa shape index (κ1) is 15.4. The molecule has 0 aliphatic carbocycles. The van der Waals surface area contributed by atoms with Gasteiger partial charge in [0.05, 0.1) is 0 Å². The second kappa shape index (κ2) is 7.70. The van der Waals surface area contributed by atoms with E-state index in [1.807, 2.05) is 61.5 Å². The lowest BCUT2D eigenvalue weighted by molar-refractivity contribution is 0.246. The molecule has 3 nitrogen and oxygen atoms in total. The molecule has 2 aromatic rings. The molecule has 0 unspecified atom stereocenters. The van der Waals surface area contributed by atoms with E-state index in [-0.39, 0.29) is 6.03 Å². The summed E-state index contributed by atoms with van der Waals surface area (Å²) in [7, 11) is 0. The van der Waals surface area contributed by atoms with Gasteiger partial charge in [-0.2, -0.15) is 0 Å². The van der Waals surface area contributed by atoms with Crippen molar-refractivity contribution in [2.75, 3.05) is 18.0 Å². The van der Waals surface area contributed by atoms with Gasteiger partial charge < -0.3 is 5.32 Å². The molecule has 1 N–H and O–H groups in total. The van der Waals surface area contributed by atoms with Crippen LogP contribution in [0.4, 0.5) is 10.5 Å². The minimum atomic E-state index is -0.0716. The highest BCUT2D eigenvalue weighted by Crippen LogP contribution is 2.13. The van der Waals surface area contributed by atoms with Crippen LogP contribution in [0, 0.1) is 0 Å². The molecule has 2 amide bonds. The van der Waals surface area contributed by atoms with Crippen LogP contribution in [-0.4, -0.2) is 19.1 Å². The minimum absolute atomic E-state index is 0.0716. The van der Waals surface area contributed by atoms with Crippen molar-refractivity contribution < 1.29 is 4.79 Å². The van der Waals surface area contributed by atoms with Crippen LogP contribution in [0.15, 0.2) is 54.6 Å². The summed E-state index contributed by atoms with van der Waals surface area (Å²) in [6, 6.07) is 17.3. The monoisotopic (exact) mass is 302 g/mol. The Morgan fingerprint density at radius 2 is 1.76 bits per heavy atom. The molecule has 0 radical (unpaired) electrons. The summed E-state index contributed by atoms with van der Waals surface area (Å²) in [5, 5.41) is 3.68. The molecule has 2 rings (SSSR count). The molecule has 0 spiro atoms. The fraction of sp³-hybridized carbons (Fsp3) is 0.235. The van der Waals surface area contributed by atoms with Gasteiger partial charge in [0.1, 0.15) is 0 Å². The zero-order chi connectivity index (χ0) is 15.1. The van der Waals surface area contributed by atoms with Gasteiger partial charge in [0.25, 0.3) is 0 Å². The summed E-state index contributed by atoms with van der Waals surface area (Å²) in [4.78, 5) is 13.9. The molecule has 0 bridgehead atoms. The molecule has 0 saturated heterocycles. The van der Waals surface area contributed by atoms with E-state index in [0.29, 0.717) is 13.1 Å². The number of benzene rings is 2. The summed E-state index contributed by atoms with van der Waals surface area (Å²) >= 11 is 5.85. The molecule has 2 aromatic carbocycles. The Balaban J connectivity index is 1.87. The number of halogens is 1. The van der Waals surface area contributed by atoms with Crippen LogP contribution in [0.3, 0.4) is 0 Å². The molecule has 4 heteroatoms. The van der Waals surface area contributed by atoms with Crippen molar-refractivity contribution in [3.63, 3.8) is 0 Å². The predicted octanol–water partition coefficient (Wildman–Crippen LogP) is 4.12. The number of nitrogens with zero attached hydrogens (tertiary/aromatic N) is 1. The Morgan fingerprint density at radius 1 is 1.10 bits per heavy atom. The lowest BCUT2D eigenvalue weighted by atomic mass is 10.1. The van der Waals surface area contributed by atoms with E-state index in [9.17, 15) is 4.79 Å². The number of urea groups is 1. The first-order valence-corrected chi connectivity index (χ1v) is 7.43. The third kappa shape index (κ3) is 4.50. The van der Waals surface area contributed by atoms with Crippen molar-refractivity contribution >= 4 is 23.3 Å². The Bertz CT molecular complexity index is 569. The van der Waals surface area contributed by atoms with Crippen LogP contribution in [0.2, 0.25) is 5.02 Å². The second-order valence-electron chi connectivity index (χ2n) is 4.69. The average Bonchev–Trinajstić information content (AvgIpc) is 2.51. The standard InChI is InChI=1S/C17H19ClN2O/c1-2-20(16-6-4-3-5-7-16)17(21)19-13-12-14-8-10-15(18)11-9-14/h3-11H,2,12-13H2,1H3,(H,19,21). The number of amides is 2. The van der Waals surface area contributed by atoms with E-state index >= 15 is 0 Å². The number of nitrogens with one attached hydrogen (secondary N) is 1. The smallest absolute Gasteiger partial charge is 0.321 e. The van der Waals surface area contributed by atoms with Gasteiger partial charge in [-0.3, -0.25) is 4.90 Å². The summed E-state index contributed by atoms with van der Waals surface area (Å²) < 4.78 is 0. The zero-order valence-corrected chi connectivity index (χ0v) is 12.8. The number of hydrogen-bond acceptors (Lipinski definition) is 1. The number of carbonyl (C=O) groups excluding carboxylic acids is 1. The van der Waals surface area contributed by atoms with Gasteiger partial charge in [0.15, 0.2) is 0 Å². The maximum Gasteiger partial charge on any atom is 0.321 e. The molecule has 0 saturated carbocycles. The Labute approximate surface area is 130 Å². The molecule has 0 aliphatic rings. The number of anilines is 1. The number of para-hydroxylation sites is 1. The first-order valence-electron chi connectivity index (χ1n) is 7.05. The summed E-state index contributed by atoms with van der Waals surface area (Å²) in [5.41, 5.74) is 2.06. The van der Waals surface area contributed by atoms with Crippen LogP contribution < -0.4 is 10.2 Å². The van der Waals surface area contributed by atoms with Crippen molar-refractivity contribution in [3.8, 4) is 0 Å². The van der Waals surface area contributed by atoms with Crippen LogP contribution in [-0.2, 0) is 6.42 Å². The maximum atomic E-state index is 12.2. The molecular weight excluding hydrogens is 284 g/mol. The number of carbonyl (C=O) groups is 1. The molecule has 21 heavy (non-hydrogen) atoms. The summed E-state index contributed by atoms with van der Waals surface area (Å²) in [6.45, 7) is 3.20. The number of rotatable bonds is 5. The lowest BCUT2D eigenvalue weighted by Crippen LogP contribution is -2.40. The van der Waals surface area contributed by atoms with Crippen molar-refractivity contribution in [1.29, 1.82) is 0 Å². The van der Waals surface area contributed by atoms with Crippen molar-refractivity contribution in [2.24, 2.45) is 0 Å². The Morgan fingerprint density at radius 3 is 2.38 bits per heavy atom. The fourth-order valence-electron chi connectivity index (χ4n) is 2.11. The van der Waals surface area contributed by atoms with Gasteiger partial charge in [0, 0.05) is 23.8 Å². The Kier molecular flexibility index (Phi) is 5.64. The van der Waals surface area contributed by atoms with Gasteiger partial charge in [0.2, 0.25) is 0 Å². The molecule has 0 atom stereocenters. The van der Waals surface area contributed by atoms with Crippen molar-refractivity contribution in [2.45, 2.75) is 13.3 Å². The molecule has 0 aliphatic heterocycles. The minimum Gasteiger partial charge on any atom is -0.337 e. The van der Waals surface area contributed by atoms with Gasteiger partial charge in [-0.1, -0.05) is 41.9 Å². The van der Waals surface area contributed by atoms with Gasteiger partial charge in [-0.05, 0) is 43.2 Å². The Hall–Kier alpha value is -2.00. The van der Waals surface area contributed by atoms with E-state index < -0.39 is 0 Å². The predicted molar refractivity (Wildman–Crippen MR) is 88.0 cm³/mol. The second-order valence-corrected chi connectivity index (χ2v) is 5.12. The largest absolute Gasteiger partial charge is 0.337 e. The lowest BCUT2D eigenvalue weighted by Gasteiger charge is -2.21. The highest BCUT2D eigenvalue weighted by atomic mass is 35.5. The van der Waals surface area contributed by atoms with E-state index in [1.165, 1.54) is 0 Å². The van der Waals surface area contributed by atoms with Crippen LogP contribution >= 0.6 is 11.6 Å². The maximum absolute atomic E-state index is 12.2. The van der Waals surface area contributed by atoms with Crippen LogP contribution in [0.25, 0.3) is 0 Å². The highest BCUT2D eigenvalue weighted by Gasteiger charge is 2.12. The van der Waals surface area contributed by atoms with Crippen LogP contribution in [0.5, 0.6) is 0 Å². The van der Waals surface area contributed by atoms with Crippen molar-refractivity contribution in [3.05, 3.63) is 65.2 Å². The van der Waals surface area contributed by atoms with Gasteiger partial charge in [-0.25, -0.2) is 4.79 Å². The molecule has 0 heterocycles.